The van der Waals surface area contributed by atoms with Crippen LogP contribution in [0.2, 0.25) is 0 Å². The van der Waals surface area contributed by atoms with Crippen LogP contribution in [-0.2, 0) is 0 Å². The number of amides is 1. The van der Waals surface area contributed by atoms with Crippen LogP contribution >= 0.6 is 0 Å². The third kappa shape index (κ3) is 3.64. The van der Waals surface area contributed by atoms with Crippen molar-refractivity contribution >= 4 is 11.7 Å². The molecule has 1 aromatic carbocycles. The van der Waals surface area contributed by atoms with Gasteiger partial charge in [-0.25, -0.2) is 9.07 Å². The van der Waals surface area contributed by atoms with Gasteiger partial charge in [0, 0.05) is 37.9 Å². The van der Waals surface area contributed by atoms with Crippen molar-refractivity contribution in [3.63, 3.8) is 0 Å². The van der Waals surface area contributed by atoms with Gasteiger partial charge in [0.15, 0.2) is 11.6 Å². The molecule has 1 aliphatic rings. The molecule has 27 heavy (non-hydrogen) atoms. The van der Waals surface area contributed by atoms with E-state index in [-0.39, 0.29) is 11.7 Å². The minimum absolute atomic E-state index is 0.0786. The fourth-order valence-corrected chi connectivity index (χ4v) is 3.07. The summed E-state index contributed by atoms with van der Waals surface area (Å²) >= 11 is 0. The summed E-state index contributed by atoms with van der Waals surface area (Å²) in [5, 5.41) is 12.9. The van der Waals surface area contributed by atoms with E-state index in [2.05, 4.69) is 20.2 Å². The highest BCUT2D eigenvalue weighted by molar-refractivity contribution is 5.94. The first-order chi connectivity index (χ1) is 13.1. The molecule has 0 atom stereocenters. The molecule has 3 aromatic rings. The van der Waals surface area contributed by atoms with Crippen molar-refractivity contribution in [2.45, 2.75) is 6.92 Å². The Morgan fingerprint density at radius 3 is 2.19 bits per heavy atom. The molecule has 3 heterocycles. The van der Waals surface area contributed by atoms with E-state index in [1.54, 1.807) is 9.58 Å². The lowest BCUT2D eigenvalue weighted by Gasteiger charge is -2.35. The van der Waals surface area contributed by atoms with Crippen molar-refractivity contribution in [1.82, 2.24) is 24.9 Å². The zero-order valence-electron chi connectivity index (χ0n) is 14.9. The zero-order chi connectivity index (χ0) is 18.8. The van der Waals surface area contributed by atoms with Crippen LogP contribution in [0.25, 0.3) is 5.82 Å². The number of aromatic nitrogens is 4. The second-order valence-corrected chi connectivity index (χ2v) is 6.44. The predicted molar refractivity (Wildman–Crippen MR) is 98.4 cm³/mol. The fourth-order valence-electron chi connectivity index (χ4n) is 3.07. The van der Waals surface area contributed by atoms with Crippen molar-refractivity contribution in [3.05, 3.63) is 65.7 Å². The summed E-state index contributed by atoms with van der Waals surface area (Å²) in [7, 11) is 0. The largest absolute Gasteiger partial charge is 0.352 e. The quantitative estimate of drug-likeness (QED) is 0.710. The molecule has 0 N–H and O–H groups in total. The van der Waals surface area contributed by atoms with Crippen LogP contribution in [0.3, 0.4) is 0 Å². The van der Waals surface area contributed by atoms with Gasteiger partial charge in [0.1, 0.15) is 5.82 Å². The average Bonchev–Trinajstić information content (AvgIpc) is 3.15. The Hall–Kier alpha value is -3.29. The molecule has 0 saturated carbocycles. The molecule has 8 heteroatoms. The average molecular weight is 366 g/mol. The van der Waals surface area contributed by atoms with E-state index in [1.165, 1.54) is 24.3 Å². The molecule has 0 aliphatic carbocycles. The molecule has 0 radical (unpaired) electrons. The van der Waals surface area contributed by atoms with E-state index in [0.717, 1.165) is 11.5 Å². The summed E-state index contributed by atoms with van der Waals surface area (Å²) in [5.74, 6) is 1.02. The van der Waals surface area contributed by atoms with E-state index < -0.39 is 0 Å². The number of carbonyl (C=O) groups is 1. The molecule has 1 saturated heterocycles. The minimum Gasteiger partial charge on any atom is -0.352 e. The van der Waals surface area contributed by atoms with Gasteiger partial charge in [-0.2, -0.15) is 5.10 Å². The number of aryl methyl sites for hydroxylation is 1. The van der Waals surface area contributed by atoms with Gasteiger partial charge in [-0.1, -0.05) is 0 Å². The molecule has 7 nitrogen and oxygen atoms in total. The number of piperazine rings is 1. The first kappa shape index (κ1) is 17.1. The molecular formula is C19H19FN6O. The third-order valence-electron chi connectivity index (χ3n) is 4.58. The van der Waals surface area contributed by atoms with Crippen molar-refractivity contribution in [3.8, 4) is 5.82 Å². The van der Waals surface area contributed by atoms with Crippen molar-refractivity contribution in [2.24, 2.45) is 0 Å². The highest BCUT2D eigenvalue weighted by Crippen LogP contribution is 2.16. The lowest BCUT2D eigenvalue weighted by atomic mass is 10.2. The molecule has 4 rings (SSSR count). The van der Waals surface area contributed by atoms with E-state index in [9.17, 15) is 9.18 Å². The van der Waals surface area contributed by atoms with Crippen LogP contribution in [0.15, 0.2) is 48.7 Å². The summed E-state index contributed by atoms with van der Waals surface area (Å²) in [6.45, 7) is 4.42. The monoisotopic (exact) mass is 366 g/mol. The first-order valence-corrected chi connectivity index (χ1v) is 8.76. The molecular weight excluding hydrogens is 347 g/mol. The highest BCUT2D eigenvalue weighted by Gasteiger charge is 2.23. The van der Waals surface area contributed by atoms with Crippen LogP contribution in [0.4, 0.5) is 10.2 Å². The number of benzene rings is 1. The number of hydrogen-bond acceptors (Lipinski definition) is 5. The van der Waals surface area contributed by atoms with E-state index in [1.807, 2.05) is 31.3 Å². The lowest BCUT2D eigenvalue weighted by molar-refractivity contribution is 0.0746. The molecule has 0 bridgehead atoms. The number of carbonyl (C=O) groups excluding carboxylic acids is 1. The number of halogens is 1. The van der Waals surface area contributed by atoms with Crippen LogP contribution in [-0.4, -0.2) is 57.0 Å². The Kier molecular flexibility index (Phi) is 4.53. The van der Waals surface area contributed by atoms with Crippen LogP contribution in [0.1, 0.15) is 16.1 Å². The molecule has 138 valence electrons. The van der Waals surface area contributed by atoms with Gasteiger partial charge in [-0.3, -0.25) is 4.79 Å². The molecule has 0 unspecified atom stereocenters. The van der Waals surface area contributed by atoms with Gasteiger partial charge in [-0.15, -0.1) is 10.2 Å². The van der Waals surface area contributed by atoms with Crippen LogP contribution in [0.5, 0.6) is 0 Å². The van der Waals surface area contributed by atoms with Crippen molar-refractivity contribution < 1.29 is 9.18 Å². The highest BCUT2D eigenvalue weighted by atomic mass is 19.1. The summed E-state index contributed by atoms with van der Waals surface area (Å²) in [4.78, 5) is 16.4. The maximum absolute atomic E-state index is 13.0. The topological polar surface area (TPSA) is 67.2 Å². The Balaban J connectivity index is 1.39. The Labute approximate surface area is 156 Å². The zero-order valence-corrected chi connectivity index (χ0v) is 14.9. The Morgan fingerprint density at radius 1 is 0.926 bits per heavy atom. The number of anilines is 1. The predicted octanol–water partition coefficient (Wildman–Crippen LogP) is 2.07. The lowest BCUT2D eigenvalue weighted by Crippen LogP contribution is -2.49. The number of rotatable bonds is 3. The minimum atomic E-state index is -0.344. The first-order valence-electron chi connectivity index (χ1n) is 8.76. The molecule has 1 fully saturated rings. The fraction of sp³-hybridized carbons (Fsp3) is 0.263. The smallest absolute Gasteiger partial charge is 0.253 e. The molecule has 1 aliphatic heterocycles. The maximum Gasteiger partial charge on any atom is 0.253 e. The molecule has 1 amide bonds. The summed E-state index contributed by atoms with van der Waals surface area (Å²) in [5.41, 5.74) is 1.42. The van der Waals surface area contributed by atoms with E-state index in [4.69, 9.17) is 0 Å². The van der Waals surface area contributed by atoms with Gasteiger partial charge in [-0.05, 0) is 49.4 Å². The van der Waals surface area contributed by atoms with Crippen LogP contribution in [0, 0.1) is 12.7 Å². The van der Waals surface area contributed by atoms with E-state index >= 15 is 0 Å². The summed E-state index contributed by atoms with van der Waals surface area (Å²) in [6, 6.07) is 11.4. The van der Waals surface area contributed by atoms with Gasteiger partial charge in [0.05, 0.1) is 5.69 Å². The molecule has 2 aromatic heterocycles. The SMILES string of the molecule is Cc1ccn(-c2ccc(N3CCN(C(=O)c4ccc(F)cc4)CC3)nn2)n1. The standard InChI is InChI=1S/C19H19FN6O/c1-14-8-9-26(23-14)18-7-6-17(21-22-18)24-10-12-25(13-11-24)19(27)15-2-4-16(20)5-3-15/h2-9H,10-13H2,1H3. The van der Waals surface area contributed by atoms with Gasteiger partial charge < -0.3 is 9.80 Å². The number of hydrogen-bond donors (Lipinski definition) is 0. The molecule has 0 spiro atoms. The summed E-state index contributed by atoms with van der Waals surface area (Å²) < 4.78 is 14.7. The van der Waals surface area contributed by atoms with Gasteiger partial charge in [0.2, 0.25) is 0 Å². The second-order valence-electron chi connectivity index (χ2n) is 6.44. The van der Waals surface area contributed by atoms with Gasteiger partial charge >= 0.3 is 0 Å². The third-order valence-corrected chi connectivity index (χ3v) is 4.58. The second kappa shape index (κ2) is 7.14. The van der Waals surface area contributed by atoms with Crippen LogP contribution < -0.4 is 4.90 Å². The van der Waals surface area contributed by atoms with Crippen molar-refractivity contribution in [2.75, 3.05) is 31.1 Å². The maximum atomic E-state index is 13.0. The Bertz CT molecular complexity index is 930. The van der Waals surface area contributed by atoms with E-state index in [0.29, 0.717) is 37.6 Å². The van der Waals surface area contributed by atoms with Gasteiger partial charge in [0.25, 0.3) is 5.91 Å². The number of nitrogens with zero attached hydrogens (tertiary/aromatic N) is 6. The van der Waals surface area contributed by atoms with Crippen molar-refractivity contribution in [1.29, 1.82) is 0 Å². The Morgan fingerprint density at radius 2 is 1.59 bits per heavy atom. The normalized spacial score (nSPS) is 14.4. The summed E-state index contributed by atoms with van der Waals surface area (Å²) in [6.07, 6.45) is 1.85.